The Labute approximate surface area is 225 Å². The van der Waals surface area contributed by atoms with Crippen molar-refractivity contribution in [3.63, 3.8) is 0 Å². The molecular weight excluding hydrogens is 554 g/mol. The molecule has 182 valence electrons. The van der Waals surface area contributed by atoms with Crippen molar-refractivity contribution in [2.75, 3.05) is 16.4 Å². The van der Waals surface area contributed by atoms with Gasteiger partial charge in [-0.2, -0.15) is 0 Å². The maximum atomic E-state index is 12.8. The Bertz CT molecular complexity index is 1330. The second kappa shape index (κ2) is 11.5. The average molecular weight is 572 g/mol. The molecule has 0 aromatic heterocycles. The molecule has 0 bridgehead atoms. The maximum Gasteiger partial charge on any atom is 0.338 e. The Balaban J connectivity index is 1.68. The number of carbonyl (C=O) groups is 3. The summed E-state index contributed by atoms with van der Waals surface area (Å²) < 4.78 is 0. The van der Waals surface area contributed by atoms with Gasteiger partial charge in [0.05, 0.1) is 37.0 Å². The molecule has 2 amide bonds. The van der Waals surface area contributed by atoms with Crippen LogP contribution in [0, 0.1) is 13.8 Å². The molecule has 0 heterocycles. The molecule has 0 fully saturated rings. The van der Waals surface area contributed by atoms with Crippen LogP contribution in [0.4, 0.5) is 11.4 Å². The normalized spacial score (nSPS) is 10.7. The summed E-state index contributed by atoms with van der Waals surface area (Å²) in [6.45, 7) is 3.93. The molecule has 0 saturated carbocycles. The molecule has 0 aliphatic carbocycles. The first kappa shape index (κ1) is 27.2. The van der Waals surface area contributed by atoms with E-state index in [0.29, 0.717) is 5.69 Å². The zero-order valence-corrected chi connectivity index (χ0v) is 22.2. The van der Waals surface area contributed by atoms with Gasteiger partial charge in [-0.15, -0.1) is 11.8 Å². The molecule has 0 atom stereocenters. The summed E-state index contributed by atoms with van der Waals surface area (Å²) in [5.41, 5.74) is 2.29. The highest BCUT2D eigenvalue weighted by Crippen LogP contribution is 2.41. The molecule has 0 aliphatic heterocycles. The van der Waals surface area contributed by atoms with Crippen LogP contribution in [0.5, 0.6) is 0 Å². The van der Waals surface area contributed by atoms with E-state index in [2.05, 4.69) is 10.6 Å². The van der Waals surface area contributed by atoms with Crippen molar-refractivity contribution in [2.24, 2.45) is 0 Å². The third-order valence-corrected chi connectivity index (χ3v) is 7.88. The van der Waals surface area contributed by atoms with Crippen molar-refractivity contribution in [2.45, 2.75) is 18.7 Å². The number of hydrogen-bond donors (Lipinski definition) is 3. The highest BCUT2D eigenvalue weighted by molar-refractivity contribution is 8.00. The number of benzene rings is 3. The van der Waals surface area contributed by atoms with Gasteiger partial charge in [0.15, 0.2) is 0 Å². The zero-order valence-electron chi connectivity index (χ0n) is 18.3. The smallest absolute Gasteiger partial charge is 0.338 e. The van der Waals surface area contributed by atoms with Crippen LogP contribution in [-0.4, -0.2) is 28.6 Å². The minimum atomic E-state index is -1.48. The Morgan fingerprint density at radius 1 is 0.829 bits per heavy atom. The van der Waals surface area contributed by atoms with Gasteiger partial charge in [0.2, 0.25) is 5.91 Å². The fourth-order valence-corrected chi connectivity index (χ4v) is 4.81. The lowest BCUT2D eigenvalue weighted by Gasteiger charge is -2.14. The summed E-state index contributed by atoms with van der Waals surface area (Å²) in [6, 6.07) is 12.4. The minimum absolute atomic E-state index is 0.145. The molecule has 0 aliphatic rings. The van der Waals surface area contributed by atoms with Gasteiger partial charge in [0.1, 0.15) is 0 Å². The molecule has 3 aromatic rings. The highest BCUT2D eigenvalue weighted by Gasteiger charge is 2.28. The Morgan fingerprint density at radius 2 is 1.43 bits per heavy atom. The number of thioether (sulfide) groups is 1. The Kier molecular flexibility index (Phi) is 8.96. The van der Waals surface area contributed by atoms with Crippen LogP contribution in [0.3, 0.4) is 0 Å². The van der Waals surface area contributed by atoms with E-state index in [1.807, 2.05) is 32.0 Å². The predicted molar refractivity (Wildman–Crippen MR) is 143 cm³/mol. The van der Waals surface area contributed by atoms with E-state index in [0.717, 1.165) is 21.7 Å². The predicted octanol–water partition coefficient (Wildman–Crippen LogP) is 7.60. The van der Waals surface area contributed by atoms with E-state index in [-0.39, 0.29) is 31.8 Å². The van der Waals surface area contributed by atoms with Crippen molar-refractivity contribution in [1.29, 1.82) is 0 Å². The van der Waals surface area contributed by atoms with Crippen LogP contribution in [0.2, 0.25) is 20.1 Å². The molecule has 35 heavy (non-hydrogen) atoms. The van der Waals surface area contributed by atoms with Crippen LogP contribution >= 0.6 is 58.2 Å². The second-order valence-electron chi connectivity index (χ2n) is 7.37. The third kappa shape index (κ3) is 6.23. The molecule has 0 unspecified atom stereocenters. The van der Waals surface area contributed by atoms with Gasteiger partial charge in [-0.05, 0) is 55.3 Å². The lowest BCUT2D eigenvalue weighted by molar-refractivity contribution is -0.113. The number of rotatable bonds is 7. The van der Waals surface area contributed by atoms with Gasteiger partial charge in [-0.1, -0.05) is 58.5 Å². The SMILES string of the molecule is Cc1cccc(NC(=O)CSc2ccc(NC(=O)c3c(Cl)c(Cl)c(Cl)c(Cl)c3C(=O)O)cc2)c1C. The Hall–Kier alpha value is -2.42. The monoisotopic (exact) mass is 570 g/mol. The van der Waals surface area contributed by atoms with Gasteiger partial charge in [0, 0.05) is 16.3 Å². The molecule has 0 saturated heterocycles. The van der Waals surface area contributed by atoms with Gasteiger partial charge in [0.25, 0.3) is 5.91 Å². The number of aryl methyl sites for hydroxylation is 1. The fourth-order valence-electron chi connectivity index (χ4n) is 3.10. The minimum Gasteiger partial charge on any atom is -0.478 e. The van der Waals surface area contributed by atoms with Crippen LogP contribution in [0.25, 0.3) is 0 Å². The first-order valence-electron chi connectivity index (χ1n) is 10.0. The third-order valence-electron chi connectivity index (χ3n) is 5.07. The number of nitrogens with one attached hydrogen (secondary N) is 2. The zero-order chi connectivity index (χ0) is 25.9. The van der Waals surface area contributed by atoms with E-state index in [1.165, 1.54) is 11.8 Å². The summed E-state index contributed by atoms with van der Waals surface area (Å²) in [5, 5.41) is 13.8. The molecule has 11 heteroatoms. The summed E-state index contributed by atoms with van der Waals surface area (Å²) in [4.78, 5) is 37.6. The Morgan fingerprint density at radius 3 is 2.03 bits per heavy atom. The molecule has 3 rings (SSSR count). The average Bonchev–Trinajstić information content (AvgIpc) is 2.82. The first-order valence-corrected chi connectivity index (χ1v) is 12.5. The number of aromatic carboxylic acids is 1. The number of carboxylic acids is 1. The van der Waals surface area contributed by atoms with Crippen LogP contribution < -0.4 is 10.6 Å². The van der Waals surface area contributed by atoms with Crippen LogP contribution in [-0.2, 0) is 4.79 Å². The standard InChI is InChI=1S/C24H18Cl4N2O4S/c1-11-4-3-5-15(12(11)2)30-16(31)10-35-14-8-6-13(7-9-14)29-23(32)17-18(24(33)34)20(26)22(28)21(27)19(17)25/h3-9H,10H2,1-2H3,(H,29,32)(H,30,31)(H,33,34). The lowest BCUT2D eigenvalue weighted by atomic mass is 10.1. The van der Waals surface area contributed by atoms with Crippen LogP contribution in [0.15, 0.2) is 47.4 Å². The largest absolute Gasteiger partial charge is 0.478 e. The summed E-state index contributed by atoms with van der Waals surface area (Å²) in [7, 11) is 0. The first-order chi connectivity index (χ1) is 16.5. The molecule has 6 nitrogen and oxygen atoms in total. The molecular formula is C24H18Cl4N2O4S. The van der Waals surface area contributed by atoms with Crippen molar-refractivity contribution in [3.05, 3.63) is 84.8 Å². The number of carbonyl (C=O) groups excluding carboxylic acids is 2. The van der Waals surface area contributed by atoms with E-state index in [9.17, 15) is 19.5 Å². The van der Waals surface area contributed by atoms with Gasteiger partial charge in [-0.3, -0.25) is 9.59 Å². The number of halogens is 4. The van der Waals surface area contributed by atoms with Crippen LogP contribution in [0.1, 0.15) is 31.8 Å². The van der Waals surface area contributed by atoms with Crippen molar-refractivity contribution >= 4 is 87.3 Å². The van der Waals surface area contributed by atoms with E-state index < -0.39 is 23.0 Å². The van der Waals surface area contributed by atoms with Crippen molar-refractivity contribution < 1.29 is 19.5 Å². The fraction of sp³-hybridized carbons (Fsp3) is 0.125. The second-order valence-corrected chi connectivity index (χ2v) is 9.93. The molecule has 3 N–H and O–H groups in total. The van der Waals surface area contributed by atoms with E-state index in [1.54, 1.807) is 24.3 Å². The highest BCUT2D eigenvalue weighted by atomic mass is 35.5. The van der Waals surface area contributed by atoms with Gasteiger partial charge < -0.3 is 15.7 Å². The number of amides is 2. The number of anilines is 2. The van der Waals surface area contributed by atoms with E-state index >= 15 is 0 Å². The maximum absolute atomic E-state index is 12.8. The van der Waals surface area contributed by atoms with Gasteiger partial charge in [-0.25, -0.2) is 4.79 Å². The summed E-state index contributed by atoms with van der Waals surface area (Å²) >= 11 is 25.4. The molecule has 0 spiro atoms. The molecule has 0 radical (unpaired) electrons. The summed E-state index contributed by atoms with van der Waals surface area (Å²) in [5.74, 6) is -2.25. The summed E-state index contributed by atoms with van der Waals surface area (Å²) in [6.07, 6.45) is 0. The van der Waals surface area contributed by atoms with Crippen molar-refractivity contribution in [3.8, 4) is 0 Å². The molecule has 3 aromatic carbocycles. The van der Waals surface area contributed by atoms with Crippen molar-refractivity contribution in [1.82, 2.24) is 0 Å². The lowest BCUT2D eigenvalue weighted by Crippen LogP contribution is -2.18. The number of carboxylic acid groups (broad SMARTS) is 1. The number of hydrogen-bond acceptors (Lipinski definition) is 4. The van der Waals surface area contributed by atoms with E-state index in [4.69, 9.17) is 46.4 Å². The topological polar surface area (TPSA) is 95.5 Å². The quantitative estimate of drug-likeness (QED) is 0.154. The van der Waals surface area contributed by atoms with Gasteiger partial charge >= 0.3 is 5.97 Å².